The van der Waals surface area contributed by atoms with Crippen LogP contribution in [0.5, 0.6) is 5.75 Å². The molecule has 1 fully saturated rings. The van der Waals surface area contributed by atoms with Crippen molar-refractivity contribution in [1.29, 1.82) is 0 Å². The van der Waals surface area contributed by atoms with Crippen LogP contribution in [0.25, 0.3) is 11.3 Å². The molecule has 11 nitrogen and oxygen atoms in total. The summed E-state index contributed by atoms with van der Waals surface area (Å²) in [6.07, 6.45) is 2.97. The molecule has 0 bridgehead atoms. The summed E-state index contributed by atoms with van der Waals surface area (Å²) in [6.45, 7) is 8.69. The summed E-state index contributed by atoms with van der Waals surface area (Å²) in [5.74, 6) is 0.784. The van der Waals surface area contributed by atoms with Crippen molar-refractivity contribution < 1.29 is 28.3 Å². The minimum absolute atomic E-state index is 0.102. The number of aromatic nitrogens is 1. The fourth-order valence-corrected chi connectivity index (χ4v) is 4.40. The molecule has 198 valence electrons. The number of piperazine rings is 1. The summed E-state index contributed by atoms with van der Waals surface area (Å²) < 4.78 is 16.1. The van der Waals surface area contributed by atoms with E-state index in [1.165, 1.54) is 19.8 Å². The number of nitrogens with zero attached hydrogens (tertiary/aromatic N) is 3. The van der Waals surface area contributed by atoms with Crippen molar-refractivity contribution in [2.24, 2.45) is 0 Å². The van der Waals surface area contributed by atoms with Crippen LogP contribution in [0.4, 0.5) is 5.69 Å². The van der Waals surface area contributed by atoms with E-state index in [0.29, 0.717) is 61.2 Å². The molecule has 3 aromatic rings. The summed E-state index contributed by atoms with van der Waals surface area (Å²) in [5, 5.41) is 16.2. The third-order valence-corrected chi connectivity index (χ3v) is 6.25. The Morgan fingerprint density at radius 2 is 1.95 bits per heavy atom. The van der Waals surface area contributed by atoms with Gasteiger partial charge >= 0.3 is 0 Å². The Morgan fingerprint density at radius 3 is 2.57 bits per heavy atom. The van der Waals surface area contributed by atoms with E-state index in [9.17, 15) is 14.7 Å². The molecule has 0 aliphatic carbocycles. The largest absolute Gasteiger partial charge is 0.496 e. The highest BCUT2D eigenvalue weighted by Crippen LogP contribution is 2.32. The van der Waals surface area contributed by atoms with Gasteiger partial charge in [0.25, 0.3) is 11.8 Å². The van der Waals surface area contributed by atoms with Crippen molar-refractivity contribution in [3.8, 4) is 17.1 Å². The number of rotatable bonds is 9. The predicted octanol–water partition coefficient (Wildman–Crippen LogP) is 2.33. The minimum Gasteiger partial charge on any atom is -0.496 e. The number of carbonyl (C=O) groups excluding carboxylic acids is 2. The zero-order valence-electron chi connectivity index (χ0n) is 21.5. The molecule has 2 aromatic heterocycles. The van der Waals surface area contributed by atoms with E-state index in [4.69, 9.17) is 13.6 Å². The SMILES string of the molecule is COc1cc(NC(O)C(=O)NC(C)(C)CN2CCN(C(=O)c3occc3C)CC2)ccc1-c1cnco1. The van der Waals surface area contributed by atoms with E-state index in [0.717, 1.165) is 5.56 Å². The maximum Gasteiger partial charge on any atom is 0.289 e. The second kappa shape index (κ2) is 11.1. The number of hydrogen-bond acceptors (Lipinski definition) is 9. The molecule has 1 unspecified atom stereocenters. The first-order valence-corrected chi connectivity index (χ1v) is 12.1. The normalized spacial score (nSPS) is 15.3. The average Bonchev–Trinajstić information content (AvgIpc) is 3.55. The monoisotopic (exact) mass is 511 g/mol. The standard InChI is InChI=1S/C26H33N5O6/c1-17-7-12-36-22(17)25(34)31-10-8-30(9-11-31)15-26(2,3)29-24(33)23(32)28-18-5-6-19(20(13-18)35-4)21-14-27-16-37-21/h5-7,12-14,16,23,28,32H,8-11,15H2,1-4H3,(H,29,33). The van der Waals surface area contributed by atoms with Gasteiger partial charge in [-0.05, 0) is 39.0 Å². The molecule has 3 heterocycles. The van der Waals surface area contributed by atoms with Crippen molar-refractivity contribution >= 4 is 17.5 Å². The fraction of sp³-hybridized carbons (Fsp3) is 0.423. The number of aliphatic hydroxyl groups excluding tert-OH is 1. The summed E-state index contributed by atoms with van der Waals surface area (Å²) >= 11 is 0. The van der Waals surface area contributed by atoms with Crippen LogP contribution in [-0.4, -0.2) is 83.3 Å². The van der Waals surface area contributed by atoms with Crippen LogP contribution >= 0.6 is 0 Å². The van der Waals surface area contributed by atoms with Gasteiger partial charge in [0, 0.05) is 55.6 Å². The third kappa shape index (κ3) is 6.30. The topological polar surface area (TPSA) is 133 Å². The van der Waals surface area contributed by atoms with Crippen LogP contribution in [0.2, 0.25) is 0 Å². The van der Waals surface area contributed by atoms with Crippen LogP contribution in [0.3, 0.4) is 0 Å². The number of methoxy groups -OCH3 is 1. The number of anilines is 1. The third-order valence-electron chi connectivity index (χ3n) is 6.25. The number of carbonyl (C=O) groups is 2. The Labute approximate surface area is 215 Å². The number of amides is 2. The van der Waals surface area contributed by atoms with Gasteiger partial charge in [0.05, 0.1) is 25.1 Å². The van der Waals surface area contributed by atoms with E-state index in [1.807, 2.05) is 20.8 Å². The highest BCUT2D eigenvalue weighted by Gasteiger charge is 2.30. The lowest BCUT2D eigenvalue weighted by atomic mass is 10.0. The first kappa shape index (κ1) is 26.2. The maximum absolute atomic E-state index is 12.8. The second-order valence-electron chi connectivity index (χ2n) is 9.70. The number of aryl methyl sites for hydroxylation is 1. The van der Waals surface area contributed by atoms with Gasteiger partial charge in [0.1, 0.15) is 5.75 Å². The van der Waals surface area contributed by atoms with Crippen molar-refractivity contribution in [2.45, 2.75) is 32.5 Å². The van der Waals surface area contributed by atoms with Gasteiger partial charge in [-0.25, -0.2) is 4.98 Å². The smallest absolute Gasteiger partial charge is 0.289 e. The van der Waals surface area contributed by atoms with Crippen LogP contribution in [0, 0.1) is 6.92 Å². The average molecular weight is 512 g/mol. The lowest BCUT2D eigenvalue weighted by Crippen LogP contribution is -2.58. The number of ether oxygens (including phenoxy) is 1. The summed E-state index contributed by atoms with van der Waals surface area (Å²) in [7, 11) is 1.53. The molecule has 1 saturated heterocycles. The molecule has 1 aliphatic heterocycles. The van der Waals surface area contributed by atoms with Gasteiger partial charge in [-0.2, -0.15) is 0 Å². The maximum atomic E-state index is 12.8. The van der Waals surface area contributed by atoms with Crippen LogP contribution in [0.1, 0.15) is 30.0 Å². The first-order chi connectivity index (χ1) is 17.7. The van der Waals surface area contributed by atoms with E-state index in [-0.39, 0.29) is 5.91 Å². The van der Waals surface area contributed by atoms with E-state index >= 15 is 0 Å². The van der Waals surface area contributed by atoms with Crippen molar-refractivity contribution in [2.75, 3.05) is 45.2 Å². The summed E-state index contributed by atoms with van der Waals surface area (Å²) in [5.41, 5.74) is 1.42. The molecule has 0 radical (unpaired) electrons. The molecule has 2 amide bonds. The number of oxazole rings is 1. The van der Waals surface area contributed by atoms with Gasteiger partial charge in [-0.15, -0.1) is 0 Å². The van der Waals surface area contributed by atoms with E-state index < -0.39 is 17.7 Å². The molecule has 37 heavy (non-hydrogen) atoms. The van der Waals surface area contributed by atoms with E-state index in [2.05, 4.69) is 20.5 Å². The summed E-state index contributed by atoms with van der Waals surface area (Å²) in [4.78, 5) is 33.3. The number of benzene rings is 1. The number of nitrogens with one attached hydrogen (secondary N) is 2. The molecule has 4 rings (SSSR count). The van der Waals surface area contributed by atoms with Crippen molar-refractivity contribution in [1.82, 2.24) is 20.1 Å². The zero-order chi connectivity index (χ0) is 26.6. The highest BCUT2D eigenvalue weighted by molar-refractivity contribution is 5.93. The Kier molecular flexibility index (Phi) is 7.84. The fourth-order valence-electron chi connectivity index (χ4n) is 4.40. The molecular formula is C26H33N5O6. The van der Waals surface area contributed by atoms with Crippen molar-refractivity contribution in [3.05, 3.63) is 54.4 Å². The molecular weight excluding hydrogens is 478 g/mol. The van der Waals surface area contributed by atoms with Gasteiger partial charge in [0.15, 0.2) is 17.9 Å². The molecule has 1 aromatic carbocycles. The Balaban J connectivity index is 1.28. The lowest BCUT2D eigenvalue weighted by Gasteiger charge is -2.39. The van der Waals surface area contributed by atoms with Gasteiger partial charge in [0.2, 0.25) is 6.23 Å². The summed E-state index contributed by atoms with van der Waals surface area (Å²) in [6, 6.07) is 6.92. The Hall–Kier alpha value is -3.83. The van der Waals surface area contributed by atoms with Crippen LogP contribution < -0.4 is 15.4 Å². The number of aliphatic hydroxyl groups is 1. The quantitative estimate of drug-likeness (QED) is 0.370. The van der Waals surface area contributed by atoms with Crippen LogP contribution in [-0.2, 0) is 4.79 Å². The van der Waals surface area contributed by atoms with E-state index in [1.54, 1.807) is 35.4 Å². The van der Waals surface area contributed by atoms with Gasteiger partial charge in [-0.1, -0.05) is 0 Å². The molecule has 0 spiro atoms. The highest BCUT2D eigenvalue weighted by atomic mass is 16.5. The first-order valence-electron chi connectivity index (χ1n) is 12.1. The minimum atomic E-state index is -1.47. The molecule has 1 aliphatic rings. The molecule has 0 saturated carbocycles. The Morgan fingerprint density at radius 1 is 1.19 bits per heavy atom. The van der Waals surface area contributed by atoms with Gasteiger partial charge < -0.3 is 34.2 Å². The number of hydrogen-bond donors (Lipinski definition) is 3. The van der Waals surface area contributed by atoms with Gasteiger partial charge in [-0.3, -0.25) is 14.5 Å². The Bertz CT molecular complexity index is 1210. The van der Waals surface area contributed by atoms with Crippen molar-refractivity contribution in [3.63, 3.8) is 0 Å². The second-order valence-corrected chi connectivity index (χ2v) is 9.70. The number of furan rings is 1. The molecule has 1 atom stereocenters. The molecule has 3 N–H and O–H groups in total. The van der Waals surface area contributed by atoms with Crippen LogP contribution in [0.15, 0.2) is 52.0 Å². The molecule has 11 heteroatoms. The predicted molar refractivity (Wildman–Crippen MR) is 136 cm³/mol. The zero-order valence-corrected chi connectivity index (χ0v) is 21.5. The lowest BCUT2D eigenvalue weighted by molar-refractivity contribution is -0.129.